The quantitative estimate of drug-likeness (QED) is 0.837. The summed E-state index contributed by atoms with van der Waals surface area (Å²) in [6, 6.07) is 5.19. The second-order valence-corrected chi connectivity index (χ2v) is 7.36. The third-order valence-corrected chi connectivity index (χ3v) is 5.57. The molecule has 0 bridgehead atoms. The predicted octanol–water partition coefficient (Wildman–Crippen LogP) is 2.72. The van der Waals surface area contributed by atoms with Gasteiger partial charge in [-0.1, -0.05) is 0 Å². The van der Waals surface area contributed by atoms with Crippen LogP contribution < -0.4 is 14.8 Å². The minimum atomic E-state index is -0.350. The van der Waals surface area contributed by atoms with Crippen LogP contribution in [-0.4, -0.2) is 53.6 Å². The predicted molar refractivity (Wildman–Crippen MR) is 108 cm³/mol. The molecule has 0 saturated carbocycles. The topological polar surface area (TPSA) is 85.7 Å². The van der Waals surface area contributed by atoms with Gasteiger partial charge in [-0.25, -0.2) is 4.98 Å². The van der Waals surface area contributed by atoms with Crippen molar-refractivity contribution in [3.05, 3.63) is 35.4 Å². The van der Waals surface area contributed by atoms with E-state index in [9.17, 15) is 9.59 Å². The van der Waals surface area contributed by atoms with Crippen LogP contribution in [-0.2, 0) is 13.0 Å². The maximum Gasteiger partial charge on any atom is 0.291 e. The number of ether oxygens (including phenoxy) is 2. The van der Waals surface area contributed by atoms with Gasteiger partial charge in [0.05, 0.1) is 25.6 Å². The molecule has 1 aromatic carbocycles. The van der Waals surface area contributed by atoms with Crippen molar-refractivity contribution in [1.82, 2.24) is 14.5 Å². The highest BCUT2D eigenvalue weighted by Crippen LogP contribution is 2.30. The second-order valence-electron chi connectivity index (χ2n) is 7.36. The van der Waals surface area contributed by atoms with Gasteiger partial charge >= 0.3 is 0 Å². The number of hydrogen-bond donors (Lipinski definition) is 1. The Labute approximate surface area is 169 Å². The molecule has 8 heteroatoms. The lowest BCUT2D eigenvalue weighted by Gasteiger charge is -2.19. The number of benzene rings is 1. The number of nitrogens with zero attached hydrogens (tertiary/aromatic N) is 3. The van der Waals surface area contributed by atoms with Crippen LogP contribution in [0.3, 0.4) is 0 Å². The van der Waals surface area contributed by atoms with E-state index in [0.717, 1.165) is 50.9 Å². The Morgan fingerprint density at radius 1 is 1.03 bits per heavy atom. The summed E-state index contributed by atoms with van der Waals surface area (Å²) in [4.78, 5) is 32.4. The zero-order chi connectivity index (χ0) is 20.4. The van der Waals surface area contributed by atoms with Crippen molar-refractivity contribution in [1.29, 1.82) is 0 Å². The van der Waals surface area contributed by atoms with Crippen LogP contribution in [0.2, 0.25) is 0 Å². The molecule has 0 spiro atoms. The lowest BCUT2D eigenvalue weighted by atomic mass is 10.1. The number of likely N-dealkylation sites (tertiary alicyclic amines) is 1. The average Bonchev–Trinajstić information content (AvgIpc) is 3.42. The summed E-state index contributed by atoms with van der Waals surface area (Å²) in [5.41, 5.74) is 1.83. The van der Waals surface area contributed by atoms with Gasteiger partial charge in [-0.05, 0) is 44.2 Å². The first-order valence-corrected chi connectivity index (χ1v) is 10.0. The zero-order valence-corrected chi connectivity index (χ0v) is 16.9. The Bertz CT molecular complexity index is 931. The number of rotatable bonds is 5. The van der Waals surface area contributed by atoms with E-state index in [1.165, 1.54) is 7.11 Å². The number of aromatic nitrogens is 2. The number of amides is 2. The zero-order valence-electron chi connectivity index (χ0n) is 16.9. The van der Waals surface area contributed by atoms with Crippen molar-refractivity contribution in [2.24, 2.45) is 0 Å². The number of anilines is 1. The van der Waals surface area contributed by atoms with E-state index in [-0.39, 0.29) is 17.6 Å². The molecule has 2 aliphatic rings. The molecule has 154 valence electrons. The first-order valence-electron chi connectivity index (χ1n) is 10.0. The molecule has 2 amide bonds. The van der Waals surface area contributed by atoms with Gasteiger partial charge in [-0.3, -0.25) is 9.59 Å². The van der Waals surface area contributed by atoms with Crippen molar-refractivity contribution in [2.45, 2.75) is 38.6 Å². The fourth-order valence-corrected chi connectivity index (χ4v) is 4.04. The molecule has 1 N–H and O–H groups in total. The van der Waals surface area contributed by atoms with Crippen molar-refractivity contribution in [2.75, 3.05) is 32.6 Å². The largest absolute Gasteiger partial charge is 0.497 e. The number of imidazole rings is 1. The molecule has 29 heavy (non-hydrogen) atoms. The smallest absolute Gasteiger partial charge is 0.291 e. The molecule has 1 fully saturated rings. The average molecular weight is 398 g/mol. The normalized spacial score (nSPS) is 15.7. The Morgan fingerprint density at radius 3 is 2.52 bits per heavy atom. The summed E-state index contributed by atoms with van der Waals surface area (Å²) >= 11 is 0. The third kappa shape index (κ3) is 3.66. The first kappa shape index (κ1) is 19.3. The van der Waals surface area contributed by atoms with Gasteiger partial charge in [-0.2, -0.15) is 0 Å². The molecule has 3 heterocycles. The van der Waals surface area contributed by atoms with E-state index < -0.39 is 0 Å². The minimum absolute atomic E-state index is 0.0609. The van der Waals surface area contributed by atoms with Crippen LogP contribution in [0.5, 0.6) is 11.5 Å². The molecular formula is C21H26N4O4. The molecule has 4 rings (SSSR count). The van der Waals surface area contributed by atoms with Crippen molar-refractivity contribution in [3.63, 3.8) is 0 Å². The maximum atomic E-state index is 13.1. The van der Waals surface area contributed by atoms with E-state index in [1.54, 1.807) is 25.3 Å². The number of nitrogens with one attached hydrogen (secondary N) is 1. The standard InChI is InChI=1S/C21H26N4O4/c1-28-14-8-9-15(17(13-14)29-2)22-20(26)19-23-18(16-7-3-4-12-25(16)19)21(27)24-10-5-6-11-24/h8-9,13H,3-7,10-12H2,1-2H3,(H,22,26). The second kappa shape index (κ2) is 8.14. The van der Waals surface area contributed by atoms with Gasteiger partial charge in [0.1, 0.15) is 17.2 Å². The Kier molecular flexibility index (Phi) is 5.42. The highest BCUT2D eigenvalue weighted by atomic mass is 16.5. The van der Waals surface area contributed by atoms with Gasteiger partial charge in [0.25, 0.3) is 11.8 Å². The summed E-state index contributed by atoms with van der Waals surface area (Å²) in [6.07, 6.45) is 4.77. The van der Waals surface area contributed by atoms with Gasteiger partial charge in [0.15, 0.2) is 5.82 Å². The fraction of sp³-hybridized carbons (Fsp3) is 0.476. The molecule has 1 aromatic heterocycles. The van der Waals surface area contributed by atoms with Gasteiger partial charge in [-0.15, -0.1) is 0 Å². The summed E-state index contributed by atoms with van der Waals surface area (Å²) in [6.45, 7) is 2.21. The number of hydrogen-bond acceptors (Lipinski definition) is 5. The number of carbonyl (C=O) groups is 2. The summed E-state index contributed by atoms with van der Waals surface area (Å²) in [5.74, 6) is 1.000. The Morgan fingerprint density at radius 2 is 1.79 bits per heavy atom. The summed E-state index contributed by atoms with van der Waals surface area (Å²) in [7, 11) is 3.11. The Hall–Kier alpha value is -3.03. The van der Waals surface area contributed by atoms with Crippen molar-refractivity contribution < 1.29 is 19.1 Å². The highest BCUT2D eigenvalue weighted by molar-refractivity contribution is 6.04. The maximum absolute atomic E-state index is 13.1. The van der Waals surface area contributed by atoms with Gasteiger partial charge in [0.2, 0.25) is 0 Å². The molecule has 0 radical (unpaired) electrons. The molecule has 0 atom stereocenters. The van der Waals surface area contributed by atoms with E-state index >= 15 is 0 Å². The van der Waals surface area contributed by atoms with E-state index in [4.69, 9.17) is 9.47 Å². The minimum Gasteiger partial charge on any atom is -0.497 e. The van der Waals surface area contributed by atoms with Crippen LogP contribution in [0, 0.1) is 0 Å². The highest BCUT2D eigenvalue weighted by Gasteiger charge is 2.31. The fourth-order valence-electron chi connectivity index (χ4n) is 4.04. The van der Waals surface area contributed by atoms with Crippen LogP contribution in [0.15, 0.2) is 18.2 Å². The van der Waals surface area contributed by atoms with Crippen LogP contribution in [0.1, 0.15) is 52.5 Å². The third-order valence-electron chi connectivity index (χ3n) is 5.57. The SMILES string of the molecule is COc1ccc(NC(=O)c2nc(C(=O)N3CCCC3)c3n2CCCC3)c(OC)c1. The van der Waals surface area contributed by atoms with Gasteiger partial charge < -0.3 is 24.3 Å². The molecule has 1 saturated heterocycles. The molecule has 8 nitrogen and oxygen atoms in total. The van der Waals surface area contributed by atoms with Crippen LogP contribution in [0.4, 0.5) is 5.69 Å². The molecule has 0 aliphatic carbocycles. The monoisotopic (exact) mass is 398 g/mol. The van der Waals surface area contributed by atoms with Crippen molar-refractivity contribution in [3.8, 4) is 11.5 Å². The lowest BCUT2D eigenvalue weighted by Crippen LogP contribution is -2.29. The number of methoxy groups -OCH3 is 2. The molecule has 0 unspecified atom stereocenters. The summed E-state index contributed by atoms with van der Waals surface area (Å²) in [5, 5.41) is 2.87. The lowest BCUT2D eigenvalue weighted by molar-refractivity contribution is 0.0786. The number of carbonyl (C=O) groups excluding carboxylic acids is 2. The van der Waals surface area contributed by atoms with E-state index in [2.05, 4.69) is 10.3 Å². The van der Waals surface area contributed by atoms with Crippen molar-refractivity contribution >= 4 is 17.5 Å². The molecule has 2 aromatic rings. The summed E-state index contributed by atoms with van der Waals surface area (Å²) < 4.78 is 12.5. The molecular weight excluding hydrogens is 372 g/mol. The van der Waals surface area contributed by atoms with Gasteiger partial charge in [0, 0.05) is 25.7 Å². The first-order chi connectivity index (χ1) is 14.1. The van der Waals surface area contributed by atoms with E-state index in [0.29, 0.717) is 29.4 Å². The van der Waals surface area contributed by atoms with Crippen LogP contribution >= 0.6 is 0 Å². The van der Waals surface area contributed by atoms with Crippen LogP contribution in [0.25, 0.3) is 0 Å². The Balaban J connectivity index is 1.64. The van der Waals surface area contributed by atoms with E-state index in [1.807, 2.05) is 9.47 Å². The number of fused-ring (bicyclic) bond motifs is 1. The molecule has 2 aliphatic heterocycles.